The summed E-state index contributed by atoms with van der Waals surface area (Å²) in [5, 5.41) is 2.80. The summed E-state index contributed by atoms with van der Waals surface area (Å²) >= 11 is 0. The van der Waals surface area contributed by atoms with E-state index >= 15 is 0 Å². The number of sulfonamides is 1. The molecule has 0 aliphatic carbocycles. The Balaban J connectivity index is 2.75. The van der Waals surface area contributed by atoms with Crippen LogP contribution >= 0.6 is 0 Å². The van der Waals surface area contributed by atoms with Gasteiger partial charge >= 0.3 is 0 Å². The Bertz CT molecular complexity index is 326. The molecule has 0 aromatic rings. The van der Waals surface area contributed by atoms with Crippen molar-refractivity contribution < 1.29 is 8.42 Å². The van der Waals surface area contributed by atoms with E-state index in [0.717, 1.165) is 19.4 Å². The first kappa shape index (κ1) is 12.5. The molecule has 1 saturated heterocycles. The van der Waals surface area contributed by atoms with Gasteiger partial charge < -0.3 is 5.32 Å². The lowest BCUT2D eigenvalue weighted by Gasteiger charge is -2.28. The minimum atomic E-state index is -3.21. The molecule has 1 fully saturated rings. The van der Waals surface area contributed by atoms with Crippen LogP contribution in [0.15, 0.2) is 0 Å². The molecule has 1 unspecified atom stereocenters. The number of hydrogen-bond acceptors (Lipinski definition) is 3. The van der Waals surface area contributed by atoms with Gasteiger partial charge in [0.25, 0.3) is 0 Å². The third kappa shape index (κ3) is 2.94. The number of piperidine rings is 1. The van der Waals surface area contributed by atoms with Gasteiger partial charge in [0.1, 0.15) is 0 Å². The molecule has 1 aliphatic heterocycles. The lowest BCUT2D eigenvalue weighted by Crippen LogP contribution is -2.46. The second-order valence-corrected chi connectivity index (χ2v) is 5.86. The first-order valence-corrected chi connectivity index (χ1v) is 6.76. The van der Waals surface area contributed by atoms with Crippen molar-refractivity contribution >= 4 is 10.0 Å². The summed E-state index contributed by atoms with van der Waals surface area (Å²) in [6.07, 6.45) is 6.81. The molecule has 5 heteroatoms. The van der Waals surface area contributed by atoms with Crippen LogP contribution in [0.5, 0.6) is 0 Å². The van der Waals surface area contributed by atoms with Crippen molar-refractivity contribution in [2.75, 3.05) is 26.2 Å². The molecule has 0 saturated carbocycles. The molecule has 15 heavy (non-hydrogen) atoms. The van der Waals surface area contributed by atoms with E-state index in [-0.39, 0.29) is 11.8 Å². The summed E-state index contributed by atoms with van der Waals surface area (Å²) in [7, 11) is -3.21. The monoisotopic (exact) mass is 230 g/mol. The topological polar surface area (TPSA) is 49.4 Å². The van der Waals surface area contributed by atoms with Crippen LogP contribution in [-0.2, 0) is 10.0 Å². The average molecular weight is 230 g/mol. The fourth-order valence-electron chi connectivity index (χ4n) is 1.77. The van der Waals surface area contributed by atoms with Gasteiger partial charge in [0, 0.05) is 13.1 Å². The largest absolute Gasteiger partial charge is 0.315 e. The molecule has 1 atom stereocenters. The zero-order valence-corrected chi connectivity index (χ0v) is 9.89. The molecular weight excluding hydrogens is 212 g/mol. The number of hydrogen-bond donors (Lipinski definition) is 1. The summed E-state index contributed by atoms with van der Waals surface area (Å²) in [4.78, 5) is 0. The highest BCUT2D eigenvalue weighted by molar-refractivity contribution is 7.89. The summed E-state index contributed by atoms with van der Waals surface area (Å²) < 4.78 is 25.6. The zero-order valence-electron chi connectivity index (χ0n) is 9.07. The van der Waals surface area contributed by atoms with Crippen LogP contribution in [0.3, 0.4) is 0 Å². The second kappa shape index (κ2) is 5.50. The summed E-state index contributed by atoms with van der Waals surface area (Å²) in [5.74, 6) is 2.39. The summed E-state index contributed by atoms with van der Waals surface area (Å²) in [6.45, 7) is 3.89. The Labute approximate surface area is 92.1 Å². The van der Waals surface area contributed by atoms with Crippen LogP contribution in [-0.4, -0.2) is 44.2 Å². The molecule has 1 N–H and O–H groups in total. The molecule has 86 valence electrons. The molecule has 1 aliphatic rings. The maximum Gasteiger partial charge on any atom is 0.219 e. The third-order valence-corrected chi connectivity index (χ3v) is 5.01. The predicted molar refractivity (Wildman–Crippen MR) is 60.9 cm³/mol. The van der Waals surface area contributed by atoms with Crippen molar-refractivity contribution in [3.63, 3.8) is 0 Å². The minimum Gasteiger partial charge on any atom is -0.315 e. The van der Waals surface area contributed by atoms with E-state index in [1.165, 1.54) is 4.31 Å². The van der Waals surface area contributed by atoms with Crippen molar-refractivity contribution in [2.45, 2.75) is 25.0 Å². The van der Waals surface area contributed by atoms with Crippen molar-refractivity contribution in [1.29, 1.82) is 0 Å². The maximum atomic E-state index is 12.1. The Morgan fingerprint density at radius 1 is 1.60 bits per heavy atom. The van der Waals surface area contributed by atoms with E-state index in [2.05, 4.69) is 11.2 Å². The van der Waals surface area contributed by atoms with Gasteiger partial charge in [-0.15, -0.1) is 6.42 Å². The Hall–Kier alpha value is -0.570. The molecule has 1 rings (SSSR count). The first-order valence-electron chi connectivity index (χ1n) is 5.26. The SMILES string of the molecule is C#CCN(CC)S(=O)(=O)C1CCCNC1. The van der Waals surface area contributed by atoms with E-state index in [9.17, 15) is 8.42 Å². The quantitative estimate of drug-likeness (QED) is 0.693. The Morgan fingerprint density at radius 2 is 2.33 bits per heavy atom. The number of nitrogens with zero attached hydrogens (tertiary/aromatic N) is 1. The van der Waals surface area contributed by atoms with E-state index in [1.54, 1.807) is 0 Å². The molecule has 4 nitrogen and oxygen atoms in total. The number of terminal acetylenes is 1. The van der Waals surface area contributed by atoms with Gasteiger partial charge in [-0.2, -0.15) is 4.31 Å². The minimum absolute atomic E-state index is 0.176. The van der Waals surface area contributed by atoms with E-state index in [0.29, 0.717) is 13.1 Å². The van der Waals surface area contributed by atoms with Gasteiger partial charge in [0.2, 0.25) is 10.0 Å². The summed E-state index contributed by atoms with van der Waals surface area (Å²) in [5.41, 5.74) is 0. The van der Waals surface area contributed by atoms with Crippen molar-refractivity contribution in [3.05, 3.63) is 0 Å². The van der Waals surface area contributed by atoms with Gasteiger partial charge in [-0.25, -0.2) is 8.42 Å². The van der Waals surface area contributed by atoms with Crippen LogP contribution < -0.4 is 5.32 Å². The molecule has 0 amide bonds. The average Bonchev–Trinajstić information content (AvgIpc) is 2.27. The van der Waals surface area contributed by atoms with E-state index < -0.39 is 10.0 Å². The van der Waals surface area contributed by atoms with Crippen molar-refractivity contribution in [1.82, 2.24) is 9.62 Å². The van der Waals surface area contributed by atoms with E-state index in [4.69, 9.17) is 6.42 Å². The maximum absolute atomic E-state index is 12.1. The smallest absolute Gasteiger partial charge is 0.219 e. The number of nitrogens with one attached hydrogen (secondary N) is 1. The Morgan fingerprint density at radius 3 is 2.80 bits per heavy atom. The second-order valence-electron chi connectivity index (χ2n) is 3.64. The number of rotatable bonds is 4. The molecule has 0 aromatic heterocycles. The lowest BCUT2D eigenvalue weighted by molar-refractivity contribution is 0.427. The van der Waals surface area contributed by atoms with Gasteiger partial charge in [0.15, 0.2) is 0 Å². The molecule has 0 aromatic carbocycles. The predicted octanol–water partition coefficient (Wildman–Crippen LogP) is 0.0233. The van der Waals surface area contributed by atoms with Crippen molar-refractivity contribution in [2.24, 2.45) is 0 Å². The van der Waals surface area contributed by atoms with Crippen LogP contribution in [0, 0.1) is 12.3 Å². The molecule has 0 radical (unpaired) electrons. The molecular formula is C10H18N2O2S. The van der Waals surface area contributed by atoms with Crippen LogP contribution in [0.1, 0.15) is 19.8 Å². The molecule has 1 heterocycles. The normalized spacial score (nSPS) is 22.6. The van der Waals surface area contributed by atoms with Crippen LogP contribution in [0.2, 0.25) is 0 Å². The van der Waals surface area contributed by atoms with Crippen LogP contribution in [0.25, 0.3) is 0 Å². The van der Waals surface area contributed by atoms with Crippen molar-refractivity contribution in [3.8, 4) is 12.3 Å². The van der Waals surface area contributed by atoms with Gasteiger partial charge in [-0.05, 0) is 19.4 Å². The highest BCUT2D eigenvalue weighted by Gasteiger charge is 2.31. The highest BCUT2D eigenvalue weighted by Crippen LogP contribution is 2.15. The lowest BCUT2D eigenvalue weighted by atomic mass is 10.2. The van der Waals surface area contributed by atoms with E-state index in [1.807, 2.05) is 6.92 Å². The van der Waals surface area contributed by atoms with Gasteiger partial charge in [-0.1, -0.05) is 12.8 Å². The standard InChI is InChI=1S/C10H18N2O2S/c1-3-8-12(4-2)15(13,14)10-6-5-7-11-9-10/h1,10-11H,4-9H2,2H3. The van der Waals surface area contributed by atoms with Gasteiger partial charge in [0.05, 0.1) is 11.8 Å². The zero-order chi connectivity index (χ0) is 11.3. The van der Waals surface area contributed by atoms with Gasteiger partial charge in [-0.3, -0.25) is 0 Å². The molecule has 0 bridgehead atoms. The summed E-state index contributed by atoms with van der Waals surface area (Å²) in [6, 6.07) is 0. The third-order valence-electron chi connectivity index (χ3n) is 2.65. The Kier molecular flexibility index (Phi) is 4.58. The fraction of sp³-hybridized carbons (Fsp3) is 0.800. The fourth-order valence-corrected chi connectivity index (χ4v) is 3.60. The first-order chi connectivity index (χ1) is 7.12. The highest BCUT2D eigenvalue weighted by atomic mass is 32.2. The van der Waals surface area contributed by atoms with Crippen LogP contribution in [0.4, 0.5) is 0 Å². The molecule has 0 spiro atoms.